The topological polar surface area (TPSA) is 212 Å². The minimum atomic E-state index is -1.25. The number of rotatable bonds is 18. The number of esters is 2. The van der Waals surface area contributed by atoms with E-state index in [4.69, 9.17) is 47.7 Å². The predicted molar refractivity (Wildman–Crippen MR) is 257 cm³/mol. The van der Waals surface area contributed by atoms with Crippen LogP contribution in [0.3, 0.4) is 0 Å². The molecule has 3 N–H and O–H groups in total. The molecule has 0 fully saturated rings. The normalized spacial score (nSPS) is 34.1. The molecule has 0 radical (unpaired) electrons. The molecule has 2 aliphatic rings. The molecular weight excluding hydrogens is 881 g/mol. The van der Waals surface area contributed by atoms with E-state index in [1.807, 2.05) is 65.8 Å². The van der Waals surface area contributed by atoms with Crippen LogP contribution in [0, 0.1) is 35.5 Å². The number of hydrogen-bond acceptors (Lipinski definition) is 15. The van der Waals surface area contributed by atoms with Gasteiger partial charge in [0.25, 0.3) is 0 Å². The Hall–Kier alpha value is -3.58. The number of carbonyl (C=O) groups is 4. The number of carbonyl (C=O) groups excluding carboxylic acids is 3. The molecular formula is C52H84O16. The molecule has 0 spiro atoms. The van der Waals surface area contributed by atoms with Crippen molar-refractivity contribution in [2.45, 2.75) is 161 Å². The Morgan fingerprint density at radius 3 is 1.93 bits per heavy atom. The van der Waals surface area contributed by atoms with Gasteiger partial charge in [-0.3, -0.25) is 9.59 Å². The molecule has 0 unspecified atom stereocenters. The third kappa shape index (κ3) is 18.6. The van der Waals surface area contributed by atoms with Crippen LogP contribution in [0.25, 0.3) is 0 Å². The van der Waals surface area contributed by atoms with Gasteiger partial charge >= 0.3 is 17.9 Å². The molecule has 0 aromatic heterocycles. The lowest BCUT2D eigenvalue weighted by atomic mass is 9.81. The number of hydrogen-bond donors (Lipinski definition) is 3. The molecule has 0 saturated heterocycles. The molecule has 2 aliphatic heterocycles. The molecule has 16 heteroatoms. The predicted octanol–water partition coefficient (Wildman–Crippen LogP) is 6.41. The van der Waals surface area contributed by atoms with Crippen molar-refractivity contribution in [3.63, 3.8) is 0 Å². The van der Waals surface area contributed by atoms with Gasteiger partial charge in [0, 0.05) is 123 Å². The summed E-state index contributed by atoms with van der Waals surface area (Å²) in [5, 5.41) is 32.3. The molecule has 388 valence electrons. The molecule has 2 rings (SSSR count). The van der Waals surface area contributed by atoms with Crippen LogP contribution in [-0.4, -0.2) is 156 Å². The molecule has 17 atom stereocenters. The van der Waals surface area contributed by atoms with Crippen molar-refractivity contribution in [2.75, 3.05) is 49.8 Å². The Balaban J connectivity index is 2.57. The smallest absolute Gasteiger partial charge is 0.331 e. The average Bonchev–Trinajstić information content (AvgIpc) is 3.31. The first-order valence-electron chi connectivity index (χ1n) is 23.8. The van der Waals surface area contributed by atoms with Crippen LogP contribution in [-0.2, 0) is 61.8 Å². The van der Waals surface area contributed by atoms with Gasteiger partial charge in [0.2, 0.25) is 0 Å². The van der Waals surface area contributed by atoms with Gasteiger partial charge in [0.1, 0.15) is 30.2 Å². The summed E-state index contributed by atoms with van der Waals surface area (Å²) in [5.41, 5.74) is 1.11. The van der Waals surface area contributed by atoms with E-state index in [0.717, 1.165) is 5.57 Å². The number of ketones is 1. The second kappa shape index (κ2) is 30.9. The van der Waals surface area contributed by atoms with E-state index in [2.05, 4.69) is 0 Å². The molecule has 0 aromatic rings. The first-order chi connectivity index (χ1) is 32.2. The Bertz CT molecular complexity index is 1700. The number of methoxy groups -OCH3 is 7. The van der Waals surface area contributed by atoms with Crippen molar-refractivity contribution in [1.82, 2.24) is 0 Å². The monoisotopic (exact) mass is 965 g/mol. The fourth-order valence-electron chi connectivity index (χ4n) is 9.37. The van der Waals surface area contributed by atoms with Gasteiger partial charge < -0.3 is 58.0 Å². The van der Waals surface area contributed by atoms with Crippen LogP contribution < -0.4 is 0 Å². The second-order valence-electron chi connectivity index (χ2n) is 18.6. The molecule has 0 aromatic carbocycles. The third-order valence-corrected chi connectivity index (χ3v) is 13.9. The van der Waals surface area contributed by atoms with E-state index in [1.54, 1.807) is 47.5 Å². The SMILES string of the molecule is CO[C@@H]([C@@H](C)[C@H]1OC(=O)/C=C/C=C(\C)C[C@@H](OC)[C@@H](OC)C2=CC(=O)O[C@@H]([C@H](C)[C@@H](OC)C[C@@H](OC)/C=C/[C@H](C)[C@H](O)C[C@@H](OC)/C=C/[C@@H]1C)[C@H]2O)[C@H](C)CCC(=O)[C@H](C)[C@H](CCC(=O)O)OC. The van der Waals surface area contributed by atoms with Gasteiger partial charge in [-0.25, -0.2) is 9.59 Å². The highest BCUT2D eigenvalue weighted by molar-refractivity contribution is 5.84. The van der Waals surface area contributed by atoms with Gasteiger partial charge in [-0.1, -0.05) is 83.6 Å². The number of carboxylic acid groups (broad SMARTS) is 1. The quantitative estimate of drug-likeness (QED) is 0.100. The standard InChI is InChI=1S/C52H84O16/c1-30-16-15-17-46(57)67-50(36(7)49(65-13)32(3)20-23-40(53)34(5)42(62-10)24-25-45(55)56)33(4)19-22-37(60-8)27-41(54)31(2)18-21-38(61-9)28-43(63-11)35(6)51-48(59)39(29-47(58)68-51)52(66-14)44(26-30)64-12/h15-19,21-22,29,31-38,41-44,48-52,54,59H,20,23-28H2,1-14H3,(H,55,56)/b17-15+,21-18+,22-19+,30-16+/t31-,32+,33-,34-,35+,36+,37-,38-,41+,42-,43-,44+,48-,49+,50-,51-,52-/m0/s1. The summed E-state index contributed by atoms with van der Waals surface area (Å²) in [4.78, 5) is 51.3. The number of carboxylic acids is 1. The van der Waals surface area contributed by atoms with Crippen molar-refractivity contribution in [1.29, 1.82) is 0 Å². The first-order valence-corrected chi connectivity index (χ1v) is 23.8. The van der Waals surface area contributed by atoms with Crippen molar-refractivity contribution >= 4 is 23.7 Å². The highest BCUT2D eigenvalue weighted by atomic mass is 16.6. The van der Waals surface area contributed by atoms with Gasteiger partial charge in [0.15, 0.2) is 0 Å². The summed E-state index contributed by atoms with van der Waals surface area (Å²) in [7, 11) is 10.8. The largest absolute Gasteiger partial charge is 0.481 e. The lowest BCUT2D eigenvalue weighted by molar-refractivity contribution is -0.162. The van der Waals surface area contributed by atoms with E-state index in [0.29, 0.717) is 24.8 Å². The van der Waals surface area contributed by atoms with Crippen LogP contribution in [0.1, 0.15) is 93.4 Å². The molecule has 2 heterocycles. The Morgan fingerprint density at radius 2 is 1.37 bits per heavy atom. The number of allylic oxidation sites excluding steroid dienone is 2. The van der Waals surface area contributed by atoms with Crippen LogP contribution >= 0.6 is 0 Å². The van der Waals surface area contributed by atoms with Gasteiger partial charge in [0.05, 0.1) is 42.7 Å². The summed E-state index contributed by atoms with van der Waals surface area (Å²) in [5.74, 6) is -4.40. The number of aliphatic hydroxyl groups excluding tert-OH is 2. The van der Waals surface area contributed by atoms with Crippen LogP contribution in [0.15, 0.2) is 59.8 Å². The van der Waals surface area contributed by atoms with Gasteiger partial charge in [-0.05, 0) is 32.1 Å². The minimum Gasteiger partial charge on any atom is -0.481 e. The van der Waals surface area contributed by atoms with Crippen molar-refractivity contribution < 1.29 is 77.1 Å². The maximum absolute atomic E-state index is 13.7. The summed E-state index contributed by atoms with van der Waals surface area (Å²) in [6.45, 7) is 13.2. The molecule has 2 bridgehead atoms. The fraction of sp³-hybridized carbons (Fsp3) is 0.731. The number of aliphatic carboxylic acids is 1. The van der Waals surface area contributed by atoms with Crippen LogP contribution in [0.2, 0.25) is 0 Å². The van der Waals surface area contributed by atoms with Crippen molar-refractivity contribution in [2.24, 2.45) is 35.5 Å². The number of fused-ring (bicyclic) bond motifs is 2. The zero-order chi connectivity index (χ0) is 51.2. The van der Waals surface area contributed by atoms with E-state index in [1.165, 1.54) is 33.5 Å². The highest BCUT2D eigenvalue weighted by Crippen LogP contribution is 2.34. The Morgan fingerprint density at radius 1 is 0.750 bits per heavy atom. The molecule has 0 aliphatic carbocycles. The zero-order valence-electron chi connectivity index (χ0n) is 43.0. The number of ether oxygens (including phenoxy) is 9. The second-order valence-corrected chi connectivity index (χ2v) is 18.6. The maximum Gasteiger partial charge on any atom is 0.331 e. The maximum atomic E-state index is 13.7. The lowest BCUT2D eigenvalue weighted by Gasteiger charge is -2.39. The van der Waals surface area contributed by atoms with Crippen molar-refractivity contribution in [3.8, 4) is 0 Å². The van der Waals surface area contributed by atoms with Crippen molar-refractivity contribution in [3.05, 3.63) is 59.8 Å². The van der Waals surface area contributed by atoms with E-state index < -0.39 is 96.9 Å². The minimum absolute atomic E-state index is 0.0411. The lowest BCUT2D eigenvalue weighted by Crippen LogP contribution is -2.50. The first kappa shape index (κ1) is 60.5. The average molecular weight is 965 g/mol. The number of Topliss-reactive ketones (excluding diaryl/α,β-unsaturated/α-hetero) is 1. The Labute approximate surface area is 405 Å². The van der Waals surface area contributed by atoms with Gasteiger partial charge in [-0.2, -0.15) is 0 Å². The number of cyclic esters (lactones) is 1. The van der Waals surface area contributed by atoms with E-state index in [-0.39, 0.29) is 55.1 Å². The zero-order valence-corrected chi connectivity index (χ0v) is 43.0. The third-order valence-electron chi connectivity index (χ3n) is 13.9. The van der Waals surface area contributed by atoms with Crippen LogP contribution in [0.4, 0.5) is 0 Å². The summed E-state index contributed by atoms with van der Waals surface area (Å²) < 4.78 is 52.8. The fourth-order valence-corrected chi connectivity index (χ4v) is 9.37. The van der Waals surface area contributed by atoms with Crippen LogP contribution in [0.5, 0.6) is 0 Å². The Kier molecular flexibility index (Phi) is 27.5. The van der Waals surface area contributed by atoms with E-state index in [9.17, 15) is 29.4 Å². The molecule has 68 heavy (non-hydrogen) atoms. The molecule has 0 saturated carbocycles. The highest BCUT2D eigenvalue weighted by Gasteiger charge is 2.43. The summed E-state index contributed by atoms with van der Waals surface area (Å²) in [6.07, 6.45) is 7.55. The molecule has 16 nitrogen and oxygen atoms in total. The van der Waals surface area contributed by atoms with E-state index >= 15 is 0 Å². The molecule has 0 amide bonds. The summed E-state index contributed by atoms with van der Waals surface area (Å²) in [6, 6.07) is 0. The van der Waals surface area contributed by atoms with Gasteiger partial charge in [-0.15, -0.1) is 0 Å². The number of aliphatic hydroxyl groups is 2. The summed E-state index contributed by atoms with van der Waals surface area (Å²) >= 11 is 0.